The maximum atomic E-state index is 12.0. The van der Waals surface area contributed by atoms with Crippen LogP contribution in [-0.2, 0) is 16.0 Å². The molecule has 1 aliphatic rings. The highest BCUT2D eigenvalue weighted by atomic mass is 16.2. The highest BCUT2D eigenvalue weighted by Crippen LogP contribution is 2.10. The van der Waals surface area contributed by atoms with Gasteiger partial charge >= 0.3 is 0 Å². The van der Waals surface area contributed by atoms with Crippen LogP contribution in [0.1, 0.15) is 32.3 Å². The van der Waals surface area contributed by atoms with Crippen molar-refractivity contribution >= 4 is 17.8 Å². The van der Waals surface area contributed by atoms with Gasteiger partial charge in [-0.05, 0) is 25.3 Å². The van der Waals surface area contributed by atoms with E-state index in [9.17, 15) is 9.59 Å². The molecule has 27 heavy (non-hydrogen) atoms. The maximum Gasteiger partial charge on any atom is 0.241 e. The molecule has 7 nitrogen and oxygen atoms in total. The van der Waals surface area contributed by atoms with Crippen LogP contribution in [0.2, 0.25) is 0 Å². The van der Waals surface area contributed by atoms with E-state index >= 15 is 0 Å². The van der Waals surface area contributed by atoms with Crippen molar-refractivity contribution in [1.29, 1.82) is 0 Å². The van der Waals surface area contributed by atoms with Crippen LogP contribution in [0.3, 0.4) is 0 Å². The topological polar surface area (TPSA) is 85.8 Å². The normalized spacial score (nSPS) is 16.9. The van der Waals surface area contributed by atoms with Gasteiger partial charge in [-0.2, -0.15) is 0 Å². The van der Waals surface area contributed by atoms with E-state index in [0.29, 0.717) is 32.0 Å². The molecule has 7 heteroatoms. The van der Waals surface area contributed by atoms with Crippen LogP contribution in [0, 0.1) is 0 Å². The number of hydrogen-bond donors (Lipinski definition) is 3. The third-order valence-electron chi connectivity index (χ3n) is 4.49. The van der Waals surface area contributed by atoms with Crippen LogP contribution in [0.4, 0.5) is 0 Å². The van der Waals surface area contributed by atoms with E-state index < -0.39 is 0 Å². The summed E-state index contributed by atoms with van der Waals surface area (Å²) < 4.78 is 0. The molecule has 1 atom stereocenters. The number of carbonyl (C=O) groups excluding carboxylic acids is 2. The van der Waals surface area contributed by atoms with E-state index in [-0.39, 0.29) is 24.4 Å². The standard InChI is InChI=1S/C20H31N5O2/c1-3-19(27)25-13-11-17(15-25)24-20(21-4-2)23-14-18(26)22-12-10-16-8-6-5-7-9-16/h5-9,17H,3-4,10-15H2,1-2H3,(H,22,26)(H2,21,23,24). The zero-order chi connectivity index (χ0) is 19.5. The van der Waals surface area contributed by atoms with Crippen LogP contribution in [0.15, 0.2) is 35.3 Å². The van der Waals surface area contributed by atoms with Gasteiger partial charge in [-0.1, -0.05) is 37.3 Å². The lowest BCUT2D eigenvalue weighted by atomic mass is 10.1. The summed E-state index contributed by atoms with van der Waals surface area (Å²) in [5.41, 5.74) is 1.20. The summed E-state index contributed by atoms with van der Waals surface area (Å²) >= 11 is 0. The monoisotopic (exact) mass is 373 g/mol. The molecule has 1 aromatic rings. The van der Waals surface area contributed by atoms with Crippen molar-refractivity contribution < 1.29 is 9.59 Å². The molecular formula is C20H31N5O2. The predicted octanol–water partition coefficient (Wildman–Crippen LogP) is 0.911. The zero-order valence-corrected chi connectivity index (χ0v) is 16.3. The number of benzene rings is 1. The van der Waals surface area contributed by atoms with Gasteiger partial charge in [0.15, 0.2) is 5.96 Å². The highest BCUT2D eigenvalue weighted by Gasteiger charge is 2.25. The second kappa shape index (κ2) is 11.2. The fraction of sp³-hybridized carbons (Fsp3) is 0.550. The molecule has 1 heterocycles. The van der Waals surface area contributed by atoms with Crippen molar-refractivity contribution in [1.82, 2.24) is 20.9 Å². The van der Waals surface area contributed by atoms with E-state index in [1.54, 1.807) is 0 Å². The van der Waals surface area contributed by atoms with Gasteiger partial charge in [-0.25, -0.2) is 4.99 Å². The van der Waals surface area contributed by atoms with Gasteiger partial charge in [0.2, 0.25) is 11.8 Å². The van der Waals surface area contributed by atoms with Gasteiger partial charge in [0.1, 0.15) is 6.54 Å². The van der Waals surface area contributed by atoms with Crippen LogP contribution in [0.5, 0.6) is 0 Å². The fourth-order valence-corrected chi connectivity index (χ4v) is 3.04. The van der Waals surface area contributed by atoms with Gasteiger partial charge in [0.25, 0.3) is 0 Å². The first kappa shape index (κ1) is 20.7. The number of rotatable bonds is 8. The van der Waals surface area contributed by atoms with E-state index in [4.69, 9.17) is 0 Å². The summed E-state index contributed by atoms with van der Waals surface area (Å²) in [5.74, 6) is 0.697. The SMILES string of the molecule is CCNC(=NCC(=O)NCCc1ccccc1)NC1CCN(C(=O)CC)C1. The first-order valence-corrected chi connectivity index (χ1v) is 9.75. The van der Waals surface area contributed by atoms with Gasteiger partial charge in [0.05, 0.1) is 0 Å². The lowest BCUT2D eigenvalue weighted by molar-refractivity contribution is -0.129. The number of aliphatic imine (C=N–C) groups is 1. The summed E-state index contributed by atoms with van der Waals surface area (Å²) in [5, 5.41) is 9.39. The van der Waals surface area contributed by atoms with Crippen molar-refractivity contribution in [3.05, 3.63) is 35.9 Å². The molecule has 0 saturated carbocycles. The number of likely N-dealkylation sites (tertiary alicyclic amines) is 1. The Hall–Kier alpha value is -2.57. The smallest absolute Gasteiger partial charge is 0.241 e. The van der Waals surface area contributed by atoms with Crippen LogP contribution >= 0.6 is 0 Å². The van der Waals surface area contributed by atoms with Gasteiger partial charge in [0, 0.05) is 38.6 Å². The van der Waals surface area contributed by atoms with E-state index in [0.717, 1.165) is 19.4 Å². The van der Waals surface area contributed by atoms with Crippen LogP contribution in [-0.4, -0.2) is 61.4 Å². The summed E-state index contributed by atoms with van der Waals surface area (Å²) in [6.45, 7) is 6.70. The first-order chi connectivity index (χ1) is 13.1. The lowest BCUT2D eigenvalue weighted by Crippen LogP contribution is -2.45. The third-order valence-corrected chi connectivity index (χ3v) is 4.49. The van der Waals surface area contributed by atoms with Crippen molar-refractivity contribution in [3.8, 4) is 0 Å². The minimum atomic E-state index is -0.0997. The Morgan fingerprint density at radius 1 is 1.19 bits per heavy atom. The number of guanidine groups is 1. The predicted molar refractivity (Wildman–Crippen MR) is 108 cm³/mol. The molecule has 1 fully saturated rings. The minimum absolute atomic E-state index is 0.0778. The maximum absolute atomic E-state index is 12.0. The van der Waals surface area contributed by atoms with Gasteiger partial charge in [-0.3, -0.25) is 9.59 Å². The molecule has 1 aromatic carbocycles. The lowest BCUT2D eigenvalue weighted by Gasteiger charge is -2.18. The number of amides is 2. The highest BCUT2D eigenvalue weighted by molar-refractivity contribution is 5.85. The van der Waals surface area contributed by atoms with Crippen molar-refractivity contribution in [2.45, 2.75) is 39.2 Å². The van der Waals surface area contributed by atoms with E-state index in [1.165, 1.54) is 5.56 Å². The summed E-state index contributed by atoms with van der Waals surface area (Å²) in [7, 11) is 0. The molecule has 0 bridgehead atoms. The van der Waals surface area contributed by atoms with Gasteiger partial charge in [-0.15, -0.1) is 0 Å². The molecule has 1 aliphatic heterocycles. The molecule has 0 aromatic heterocycles. The van der Waals surface area contributed by atoms with Crippen LogP contribution in [0.25, 0.3) is 0 Å². The summed E-state index contributed by atoms with van der Waals surface area (Å²) in [6.07, 6.45) is 2.22. The second-order valence-corrected chi connectivity index (χ2v) is 6.60. The van der Waals surface area contributed by atoms with Crippen molar-refractivity contribution in [2.24, 2.45) is 4.99 Å². The second-order valence-electron chi connectivity index (χ2n) is 6.60. The van der Waals surface area contributed by atoms with Crippen molar-refractivity contribution in [3.63, 3.8) is 0 Å². The Bertz CT molecular complexity index is 633. The Kier molecular flexibility index (Phi) is 8.61. The molecule has 0 radical (unpaired) electrons. The first-order valence-electron chi connectivity index (χ1n) is 9.75. The Balaban J connectivity index is 1.75. The summed E-state index contributed by atoms with van der Waals surface area (Å²) in [6, 6.07) is 10.2. The largest absolute Gasteiger partial charge is 0.357 e. The number of nitrogens with zero attached hydrogens (tertiary/aromatic N) is 2. The zero-order valence-electron chi connectivity index (χ0n) is 16.3. The Labute approximate surface area is 161 Å². The Morgan fingerprint density at radius 2 is 1.96 bits per heavy atom. The van der Waals surface area contributed by atoms with E-state index in [1.807, 2.05) is 49.1 Å². The Morgan fingerprint density at radius 3 is 2.67 bits per heavy atom. The van der Waals surface area contributed by atoms with E-state index in [2.05, 4.69) is 20.9 Å². The average Bonchev–Trinajstić information content (AvgIpc) is 3.15. The van der Waals surface area contributed by atoms with Crippen molar-refractivity contribution in [2.75, 3.05) is 32.7 Å². The molecule has 2 rings (SSSR count). The van der Waals surface area contributed by atoms with Gasteiger partial charge < -0.3 is 20.9 Å². The average molecular weight is 374 g/mol. The quantitative estimate of drug-likeness (QED) is 0.467. The van der Waals surface area contributed by atoms with Crippen LogP contribution < -0.4 is 16.0 Å². The number of carbonyl (C=O) groups is 2. The summed E-state index contributed by atoms with van der Waals surface area (Å²) in [4.78, 5) is 30.1. The molecule has 148 valence electrons. The number of nitrogens with one attached hydrogen (secondary N) is 3. The molecule has 0 aliphatic carbocycles. The molecule has 0 spiro atoms. The molecule has 3 N–H and O–H groups in total. The molecule has 2 amide bonds. The minimum Gasteiger partial charge on any atom is -0.357 e. The number of hydrogen-bond acceptors (Lipinski definition) is 3. The molecule has 1 unspecified atom stereocenters. The fourth-order valence-electron chi connectivity index (χ4n) is 3.04. The third kappa shape index (κ3) is 7.29. The molecule has 1 saturated heterocycles. The molecular weight excluding hydrogens is 342 g/mol.